The third-order valence-electron chi connectivity index (χ3n) is 1.36. The Morgan fingerprint density at radius 1 is 1.29 bits per heavy atom. The second-order valence-corrected chi connectivity index (χ2v) is 4.86. The minimum absolute atomic E-state index is 0.311. The van der Waals surface area contributed by atoms with Crippen LogP contribution in [0.1, 0.15) is 10.4 Å². The summed E-state index contributed by atoms with van der Waals surface area (Å²) in [5.74, 6) is -0.626. The van der Waals surface area contributed by atoms with Crippen LogP contribution >= 0.6 is 47.8 Å². The third-order valence-corrected chi connectivity index (χ3v) is 3.06. The van der Waals surface area contributed by atoms with Crippen molar-refractivity contribution in [3.63, 3.8) is 0 Å². The van der Waals surface area contributed by atoms with Gasteiger partial charge in [0.05, 0.1) is 5.56 Å². The highest BCUT2D eigenvalue weighted by atomic mass is 79.9. The van der Waals surface area contributed by atoms with Crippen LogP contribution in [0.5, 0.6) is 0 Å². The van der Waals surface area contributed by atoms with E-state index in [9.17, 15) is 4.79 Å². The van der Waals surface area contributed by atoms with E-state index in [1.165, 1.54) is 0 Å². The summed E-state index contributed by atoms with van der Waals surface area (Å²) in [6.07, 6.45) is 0. The van der Waals surface area contributed by atoms with Gasteiger partial charge >= 0.3 is 0 Å². The average molecular weight is 384 g/mol. The lowest BCUT2D eigenvalue weighted by Crippen LogP contribution is -1.96. The van der Waals surface area contributed by atoms with E-state index in [4.69, 9.17) is 5.53 Å². The second kappa shape index (κ2) is 4.93. The van der Waals surface area contributed by atoms with Crippen LogP contribution in [0, 0.1) is 0 Å². The Balaban J connectivity index is 3.34. The molecule has 0 heterocycles. The first-order valence-corrected chi connectivity index (χ1v) is 5.68. The van der Waals surface area contributed by atoms with Crippen LogP contribution in [0.25, 0.3) is 10.4 Å². The number of carbonyl (C=O) groups excluding carboxylic acids is 1. The Morgan fingerprint density at radius 3 is 2.21 bits per heavy atom. The first-order valence-electron chi connectivity index (χ1n) is 3.30. The molecule has 0 radical (unpaired) electrons. The molecule has 72 valence electrons. The van der Waals surface area contributed by atoms with Gasteiger partial charge in [-0.25, -0.2) is 0 Å². The highest BCUT2D eigenvalue weighted by molar-refractivity contribution is 9.11. The molecule has 14 heavy (non-hydrogen) atoms. The molecular weight excluding hydrogens is 382 g/mol. The van der Waals surface area contributed by atoms with E-state index >= 15 is 0 Å². The van der Waals surface area contributed by atoms with Crippen molar-refractivity contribution in [1.82, 2.24) is 0 Å². The summed E-state index contributed by atoms with van der Waals surface area (Å²) in [4.78, 5) is 13.7. The highest BCUT2D eigenvalue weighted by Gasteiger charge is 2.13. The Hall–Kier alpha value is -0.360. The quantitative estimate of drug-likeness (QED) is 0.402. The number of amides is 1. The number of rotatable bonds is 1. The SMILES string of the molecule is [N-]=[N+]=NC(=O)c1c(Br)cc(Br)cc1Br. The summed E-state index contributed by atoms with van der Waals surface area (Å²) in [6.45, 7) is 0. The molecule has 1 amide bonds. The van der Waals surface area contributed by atoms with Crippen molar-refractivity contribution in [1.29, 1.82) is 0 Å². The van der Waals surface area contributed by atoms with Crippen molar-refractivity contribution in [3.05, 3.63) is 41.6 Å². The lowest BCUT2D eigenvalue weighted by molar-refractivity contribution is 0.0999. The molecule has 1 rings (SSSR count). The smallest absolute Gasteiger partial charge is 0.251 e. The molecule has 0 saturated heterocycles. The first kappa shape index (κ1) is 11.7. The monoisotopic (exact) mass is 381 g/mol. The zero-order valence-electron chi connectivity index (χ0n) is 6.54. The van der Waals surface area contributed by atoms with Crippen LogP contribution in [-0.4, -0.2) is 5.91 Å². The van der Waals surface area contributed by atoms with E-state index in [1.807, 2.05) is 0 Å². The van der Waals surface area contributed by atoms with E-state index in [0.717, 1.165) is 4.47 Å². The van der Waals surface area contributed by atoms with Crippen LogP contribution in [0.15, 0.2) is 30.7 Å². The summed E-state index contributed by atoms with van der Waals surface area (Å²) in [6, 6.07) is 3.40. The van der Waals surface area contributed by atoms with Gasteiger partial charge in [-0.2, -0.15) is 0 Å². The second-order valence-electron chi connectivity index (χ2n) is 2.24. The van der Waals surface area contributed by atoms with Crippen LogP contribution in [0.4, 0.5) is 0 Å². The summed E-state index contributed by atoms with van der Waals surface area (Å²) in [7, 11) is 0. The predicted octanol–water partition coefficient (Wildman–Crippen LogP) is 4.42. The van der Waals surface area contributed by atoms with Gasteiger partial charge in [0.15, 0.2) is 0 Å². The fraction of sp³-hybridized carbons (Fsp3) is 0. The summed E-state index contributed by atoms with van der Waals surface area (Å²) >= 11 is 9.67. The molecule has 0 atom stereocenters. The zero-order valence-corrected chi connectivity index (χ0v) is 11.3. The van der Waals surface area contributed by atoms with Gasteiger partial charge in [0.1, 0.15) is 0 Å². The van der Waals surface area contributed by atoms with Gasteiger partial charge in [-0.1, -0.05) is 15.9 Å². The average Bonchev–Trinajstić information content (AvgIpc) is 2.01. The molecular formula is C7H2Br3N3O. The highest BCUT2D eigenvalue weighted by Crippen LogP contribution is 2.30. The van der Waals surface area contributed by atoms with Crippen LogP contribution in [-0.2, 0) is 0 Å². The van der Waals surface area contributed by atoms with Gasteiger partial charge in [0.25, 0.3) is 5.91 Å². The number of nitrogens with zero attached hydrogens (tertiary/aromatic N) is 3. The van der Waals surface area contributed by atoms with Crippen molar-refractivity contribution < 1.29 is 4.79 Å². The number of azide groups is 1. The van der Waals surface area contributed by atoms with Gasteiger partial charge in [0.2, 0.25) is 0 Å². The van der Waals surface area contributed by atoms with Gasteiger partial charge in [-0.05, 0) is 54.6 Å². The normalized spacial score (nSPS) is 9.36. The number of halogens is 3. The van der Waals surface area contributed by atoms with E-state index in [1.54, 1.807) is 12.1 Å². The molecule has 7 heteroatoms. The lowest BCUT2D eigenvalue weighted by atomic mass is 10.2. The van der Waals surface area contributed by atoms with E-state index < -0.39 is 5.91 Å². The fourth-order valence-electron chi connectivity index (χ4n) is 0.837. The molecule has 1 aromatic carbocycles. The number of benzene rings is 1. The molecule has 0 aliphatic rings. The Bertz CT molecular complexity index is 417. The first-order chi connectivity index (χ1) is 6.56. The molecule has 0 unspecified atom stereocenters. The molecule has 0 fully saturated rings. The van der Waals surface area contributed by atoms with Crippen molar-refractivity contribution in [3.8, 4) is 0 Å². The minimum Gasteiger partial charge on any atom is -0.287 e. The Kier molecular flexibility index (Phi) is 4.12. The molecule has 0 saturated carbocycles. The maximum atomic E-state index is 11.3. The van der Waals surface area contributed by atoms with E-state index in [2.05, 4.69) is 57.8 Å². The molecule has 0 spiro atoms. The molecule has 0 bridgehead atoms. The van der Waals surface area contributed by atoms with Crippen LogP contribution in [0.3, 0.4) is 0 Å². The van der Waals surface area contributed by atoms with E-state index in [0.29, 0.717) is 14.5 Å². The zero-order chi connectivity index (χ0) is 10.7. The van der Waals surface area contributed by atoms with Crippen molar-refractivity contribution in [2.45, 2.75) is 0 Å². The molecule has 4 nitrogen and oxygen atoms in total. The molecule has 0 aromatic heterocycles. The predicted molar refractivity (Wildman–Crippen MR) is 63.0 cm³/mol. The van der Waals surface area contributed by atoms with Crippen LogP contribution < -0.4 is 0 Å². The lowest BCUT2D eigenvalue weighted by Gasteiger charge is -2.03. The van der Waals surface area contributed by atoms with Crippen LogP contribution in [0.2, 0.25) is 0 Å². The van der Waals surface area contributed by atoms with Crippen molar-refractivity contribution in [2.24, 2.45) is 5.11 Å². The number of carbonyl (C=O) groups is 1. The molecule has 0 N–H and O–H groups in total. The Labute approximate surface area is 105 Å². The Morgan fingerprint density at radius 2 is 1.79 bits per heavy atom. The van der Waals surface area contributed by atoms with Gasteiger partial charge in [0, 0.05) is 18.3 Å². The molecule has 0 aliphatic heterocycles. The molecule has 0 aliphatic carbocycles. The number of hydrogen-bond donors (Lipinski definition) is 0. The maximum absolute atomic E-state index is 11.3. The largest absolute Gasteiger partial charge is 0.287 e. The van der Waals surface area contributed by atoms with Gasteiger partial charge < -0.3 is 0 Å². The topological polar surface area (TPSA) is 65.8 Å². The maximum Gasteiger partial charge on any atom is 0.251 e. The van der Waals surface area contributed by atoms with Crippen molar-refractivity contribution >= 4 is 53.7 Å². The third kappa shape index (κ3) is 2.57. The minimum atomic E-state index is -0.626. The van der Waals surface area contributed by atoms with Gasteiger partial charge in [-0.3, -0.25) is 4.79 Å². The summed E-state index contributed by atoms with van der Waals surface area (Å²) < 4.78 is 1.95. The van der Waals surface area contributed by atoms with E-state index in [-0.39, 0.29) is 0 Å². The summed E-state index contributed by atoms with van der Waals surface area (Å²) in [5, 5.41) is 3.01. The van der Waals surface area contributed by atoms with Crippen molar-refractivity contribution in [2.75, 3.05) is 0 Å². The standard InChI is InChI=1S/C7H2Br3N3O/c8-3-1-4(9)6(5(10)2-3)7(14)12-13-11/h1-2H. The van der Waals surface area contributed by atoms with Gasteiger partial charge in [-0.15, -0.1) is 0 Å². The fourth-order valence-corrected chi connectivity index (χ4v) is 3.43. The summed E-state index contributed by atoms with van der Waals surface area (Å²) in [5.41, 5.74) is 8.44. The number of hydrogen-bond acceptors (Lipinski definition) is 1. The molecule has 1 aromatic rings.